The second-order valence-corrected chi connectivity index (χ2v) is 7.48. The van der Waals surface area contributed by atoms with Gasteiger partial charge in [-0.25, -0.2) is 8.78 Å². The van der Waals surface area contributed by atoms with E-state index in [-0.39, 0.29) is 19.2 Å². The summed E-state index contributed by atoms with van der Waals surface area (Å²) in [5.41, 5.74) is 0.408. The van der Waals surface area contributed by atoms with Crippen LogP contribution in [0.25, 0.3) is 0 Å². The average Bonchev–Trinajstić information content (AvgIpc) is 3.07. The van der Waals surface area contributed by atoms with Crippen LogP contribution in [-0.2, 0) is 4.74 Å². The van der Waals surface area contributed by atoms with Crippen LogP contribution in [0.2, 0.25) is 0 Å². The number of hydrogen-bond donors (Lipinski definition) is 3. The minimum atomic E-state index is -0.664. The quantitative estimate of drug-likeness (QED) is 0.439. The van der Waals surface area contributed by atoms with E-state index in [2.05, 4.69) is 29.5 Å². The first-order valence-electron chi connectivity index (χ1n) is 9.89. The van der Waals surface area contributed by atoms with Crippen LogP contribution in [0.15, 0.2) is 23.2 Å². The summed E-state index contributed by atoms with van der Waals surface area (Å²) >= 11 is 0. The molecule has 1 heterocycles. The summed E-state index contributed by atoms with van der Waals surface area (Å²) in [5, 5.41) is 16.5. The van der Waals surface area contributed by atoms with Crippen LogP contribution >= 0.6 is 0 Å². The highest BCUT2D eigenvalue weighted by Crippen LogP contribution is 2.24. The largest absolute Gasteiger partial charge is 0.389 e. The normalized spacial score (nSPS) is 18.6. The number of halogens is 2. The molecule has 0 saturated carbocycles. The van der Waals surface area contributed by atoms with Crippen molar-refractivity contribution in [2.45, 2.75) is 39.3 Å². The first kappa shape index (κ1) is 22.4. The van der Waals surface area contributed by atoms with Crippen molar-refractivity contribution >= 4 is 11.6 Å². The van der Waals surface area contributed by atoms with E-state index in [9.17, 15) is 13.9 Å². The molecular weight excluding hydrogens is 366 g/mol. The smallest absolute Gasteiger partial charge is 0.191 e. The molecule has 8 heteroatoms. The lowest BCUT2D eigenvalue weighted by atomic mass is 10.2. The Hall–Kier alpha value is -1.93. The highest BCUT2D eigenvalue weighted by molar-refractivity contribution is 5.80. The van der Waals surface area contributed by atoms with Gasteiger partial charge >= 0.3 is 0 Å². The average molecular weight is 398 g/mol. The molecule has 158 valence electrons. The Balaban J connectivity index is 1.86. The van der Waals surface area contributed by atoms with Gasteiger partial charge in [0.25, 0.3) is 0 Å². The fourth-order valence-corrected chi connectivity index (χ4v) is 3.04. The van der Waals surface area contributed by atoms with Crippen LogP contribution < -0.4 is 15.5 Å². The predicted octanol–water partition coefficient (Wildman–Crippen LogP) is 2.13. The number of ether oxygens (including phenoxy) is 1. The third-order valence-corrected chi connectivity index (χ3v) is 4.35. The highest BCUT2D eigenvalue weighted by Gasteiger charge is 2.25. The minimum Gasteiger partial charge on any atom is -0.389 e. The molecule has 2 unspecified atom stereocenters. The maximum absolute atomic E-state index is 14.0. The Bertz CT molecular complexity index is 643. The fourth-order valence-electron chi connectivity index (χ4n) is 3.04. The van der Waals surface area contributed by atoms with Crippen LogP contribution in [0.1, 0.15) is 27.2 Å². The number of rotatable bonds is 9. The molecule has 2 rings (SSSR count). The zero-order chi connectivity index (χ0) is 20.5. The van der Waals surface area contributed by atoms with Crippen LogP contribution in [0.3, 0.4) is 0 Å². The van der Waals surface area contributed by atoms with E-state index < -0.39 is 17.7 Å². The number of hydrogen-bond acceptors (Lipinski definition) is 4. The number of aliphatic imine (C=N–C) groups is 1. The lowest BCUT2D eigenvalue weighted by Gasteiger charge is -2.21. The topological polar surface area (TPSA) is 69.1 Å². The van der Waals surface area contributed by atoms with Crippen molar-refractivity contribution < 1.29 is 18.6 Å². The Labute approximate surface area is 166 Å². The summed E-state index contributed by atoms with van der Waals surface area (Å²) in [7, 11) is 0. The van der Waals surface area contributed by atoms with Gasteiger partial charge in [0.05, 0.1) is 24.9 Å². The maximum Gasteiger partial charge on any atom is 0.191 e. The molecule has 2 atom stereocenters. The second kappa shape index (κ2) is 11.2. The van der Waals surface area contributed by atoms with Crippen LogP contribution in [-0.4, -0.2) is 62.6 Å². The molecule has 0 radical (unpaired) electrons. The Morgan fingerprint density at radius 2 is 2.14 bits per heavy atom. The van der Waals surface area contributed by atoms with Crippen molar-refractivity contribution in [3.63, 3.8) is 0 Å². The van der Waals surface area contributed by atoms with Gasteiger partial charge in [-0.15, -0.1) is 0 Å². The van der Waals surface area contributed by atoms with Crippen LogP contribution in [0, 0.1) is 17.6 Å². The zero-order valence-corrected chi connectivity index (χ0v) is 16.9. The van der Waals surface area contributed by atoms with Crippen molar-refractivity contribution in [3.05, 3.63) is 29.8 Å². The summed E-state index contributed by atoms with van der Waals surface area (Å²) < 4.78 is 32.5. The molecule has 0 amide bonds. The lowest BCUT2D eigenvalue weighted by Crippen LogP contribution is -2.45. The molecular formula is C20H32F2N4O2. The Morgan fingerprint density at radius 1 is 1.36 bits per heavy atom. The second-order valence-electron chi connectivity index (χ2n) is 7.48. The number of benzene rings is 1. The molecule has 0 aromatic heterocycles. The third-order valence-electron chi connectivity index (χ3n) is 4.35. The number of aliphatic hydroxyl groups excluding tert-OH is 1. The van der Waals surface area contributed by atoms with E-state index in [4.69, 9.17) is 4.74 Å². The van der Waals surface area contributed by atoms with Gasteiger partial charge in [0.15, 0.2) is 5.96 Å². The monoisotopic (exact) mass is 398 g/mol. The first-order valence-corrected chi connectivity index (χ1v) is 9.89. The summed E-state index contributed by atoms with van der Waals surface area (Å²) in [6.45, 7) is 9.12. The molecule has 28 heavy (non-hydrogen) atoms. The molecule has 0 bridgehead atoms. The van der Waals surface area contributed by atoms with E-state index in [0.717, 1.165) is 12.5 Å². The van der Waals surface area contributed by atoms with Gasteiger partial charge in [0, 0.05) is 38.3 Å². The van der Waals surface area contributed by atoms with Gasteiger partial charge < -0.3 is 25.4 Å². The van der Waals surface area contributed by atoms with Gasteiger partial charge in [-0.2, -0.15) is 0 Å². The van der Waals surface area contributed by atoms with Crippen molar-refractivity contribution in [2.24, 2.45) is 10.9 Å². The SMILES string of the molecule is CCNC(=NCC(O)COCC(C)C)NC1CCN(c2ccc(F)cc2F)C1. The number of guanidine groups is 1. The molecule has 6 nitrogen and oxygen atoms in total. The van der Waals surface area contributed by atoms with Crippen LogP contribution in [0.4, 0.5) is 14.5 Å². The molecule has 1 saturated heterocycles. The van der Waals surface area contributed by atoms with Crippen molar-refractivity contribution in [2.75, 3.05) is 44.3 Å². The predicted molar refractivity (Wildman–Crippen MR) is 108 cm³/mol. The zero-order valence-electron chi connectivity index (χ0n) is 16.9. The Morgan fingerprint density at radius 3 is 2.82 bits per heavy atom. The number of nitrogens with zero attached hydrogens (tertiary/aromatic N) is 2. The van der Waals surface area contributed by atoms with Crippen molar-refractivity contribution in [1.29, 1.82) is 0 Å². The first-order chi connectivity index (χ1) is 13.4. The van der Waals surface area contributed by atoms with Gasteiger partial charge in [0.2, 0.25) is 0 Å². The van der Waals surface area contributed by atoms with E-state index in [0.29, 0.717) is 43.8 Å². The number of aliphatic hydroxyl groups is 1. The fraction of sp³-hybridized carbons (Fsp3) is 0.650. The summed E-state index contributed by atoms with van der Waals surface area (Å²) in [4.78, 5) is 6.32. The molecule has 1 aromatic rings. The number of nitrogens with one attached hydrogen (secondary N) is 2. The number of anilines is 1. The summed E-state index contributed by atoms with van der Waals surface area (Å²) in [5.74, 6) is -0.0962. The molecule has 1 aliphatic rings. The summed E-state index contributed by atoms with van der Waals surface area (Å²) in [6, 6.07) is 3.73. The minimum absolute atomic E-state index is 0.0802. The van der Waals surface area contributed by atoms with E-state index >= 15 is 0 Å². The highest BCUT2D eigenvalue weighted by atomic mass is 19.1. The molecule has 1 aliphatic heterocycles. The van der Waals surface area contributed by atoms with E-state index in [1.54, 1.807) is 0 Å². The van der Waals surface area contributed by atoms with E-state index in [1.165, 1.54) is 12.1 Å². The van der Waals surface area contributed by atoms with Crippen LogP contribution in [0.5, 0.6) is 0 Å². The lowest BCUT2D eigenvalue weighted by molar-refractivity contribution is 0.0301. The van der Waals surface area contributed by atoms with Gasteiger partial charge in [-0.05, 0) is 31.4 Å². The van der Waals surface area contributed by atoms with Crippen molar-refractivity contribution in [1.82, 2.24) is 10.6 Å². The van der Waals surface area contributed by atoms with Gasteiger partial charge in [-0.3, -0.25) is 4.99 Å². The Kier molecular flexibility index (Phi) is 8.92. The van der Waals surface area contributed by atoms with Gasteiger partial charge in [-0.1, -0.05) is 13.8 Å². The molecule has 1 aromatic carbocycles. The summed E-state index contributed by atoms with van der Waals surface area (Å²) in [6.07, 6.45) is 0.143. The maximum atomic E-state index is 14.0. The van der Waals surface area contributed by atoms with Crippen molar-refractivity contribution in [3.8, 4) is 0 Å². The third kappa shape index (κ3) is 7.24. The molecule has 0 spiro atoms. The molecule has 0 aliphatic carbocycles. The molecule has 3 N–H and O–H groups in total. The van der Waals surface area contributed by atoms with Gasteiger partial charge in [0.1, 0.15) is 11.6 Å². The molecule has 1 fully saturated rings. The standard InChI is InChI=1S/C20H32F2N4O2/c1-4-23-20(24-10-17(27)13-28-12-14(2)3)25-16-7-8-26(11-16)19-6-5-15(21)9-18(19)22/h5-6,9,14,16-17,27H,4,7-8,10-13H2,1-3H3,(H2,23,24,25). The van der Waals surface area contributed by atoms with E-state index in [1.807, 2.05) is 11.8 Å².